The van der Waals surface area contributed by atoms with E-state index in [2.05, 4.69) is 6.58 Å². The first-order valence-corrected chi connectivity index (χ1v) is 8.88. The molecule has 4 rings (SSSR count). The van der Waals surface area contributed by atoms with Gasteiger partial charge in [0.15, 0.2) is 22.9 Å². The summed E-state index contributed by atoms with van der Waals surface area (Å²) < 4.78 is 10.6. The van der Waals surface area contributed by atoms with E-state index < -0.39 is 11.5 Å². The van der Waals surface area contributed by atoms with E-state index in [-0.39, 0.29) is 25.5 Å². The molecule has 142 valence electrons. The summed E-state index contributed by atoms with van der Waals surface area (Å²) in [5.41, 5.74) is -0.0826. The van der Waals surface area contributed by atoms with Crippen molar-refractivity contribution < 1.29 is 24.2 Å². The molecule has 1 amide bonds. The molecule has 1 unspecified atom stereocenters. The Kier molecular flexibility index (Phi) is 4.49. The summed E-state index contributed by atoms with van der Waals surface area (Å²) in [6, 6.07) is 12.3. The molecule has 0 saturated carbocycles. The third kappa shape index (κ3) is 2.97. The molecular formula is C22H19NO5. The highest BCUT2D eigenvalue weighted by molar-refractivity contribution is 6.10. The second-order valence-electron chi connectivity index (χ2n) is 6.67. The van der Waals surface area contributed by atoms with Crippen LogP contribution in [0.2, 0.25) is 0 Å². The first-order chi connectivity index (χ1) is 13.5. The van der Waals surface area contributed by atoms with Crippen molar-refractivity contribution in [3.63, 3.8) is 0 Å². The molecule has 0 bridgehead atoms. The molecule has 1 atom stereocenters. The van der Waals surface area contributed by atoms with Crippen LogP contribution in [0.15, 0.2) is 61.2 Å². The lowest BCUT2D eigenvalue weighted by Crippen LogP contribution is -2.41. The van der Waals surface area contributed by atoms with Gasteiger partial charge in [-0.3, -0.25) is 9.59 Å². The van der Waals surface area contributed by atoms with E-state index in [9.17, 15) is 14.7 Å². The largest absolute Gasteiger partial charge is 0.454 e. The average molecular weight is 377 g/mol. The van der Waals surface area contributed by atoms with Crippen molar-refractivity contribution >= 4 is 23.5 Å². The predicted octanol–water partition coefficient (Wildman–Crippen LogP) is 2.81. The molecule has 2 aromatic rings. The van der Waals surface area contributed by atoms with Gasteiger partial charge in [-0.05, 0) is 29.8 Å². The molecule has 1 N–H and O–H groups in total. The van der Waals surface area contributed by atoms with Crippen molar-refractivity contribution in [3.8, 4) is 11.5 Å². The van der Waals surface area contributed by atoms with Gasteiger partial charge in [-0.1, -0.05) is 36.4 Å². The highest BCUT2D eigenvalue weighted by atomic mass is 16.7. The molecule has 2 heterocycles. The van der Waals surface area contributed by atoms with Crippen LogP contribution in [0.3, 0.4) is 0 Å². The lowest BCUT2D eigenvalue weighted by atomic mass is 9.89. The Morgan fingerprint density at radius 2 is 2.00 bits per heavy atom. The highest BCUT2D eigenvalue weighted by Crippen LogP contribution is 2.42. The fraction of sp³-hybridized carbons (Fsp3) is 0.182. The number of nitrogens with zero attached hydrogens (tertiary/aromatic N) is 1. The topological polar surface area (TPSA) is 76.1 Å². The smallest absolute Gasteiger partial charge is 0.264 e. The van der Waals surface area contributed by atoms with Gasteiger partial charge in [-0.2, -0.15) is 0 Å². The fourth-order valence-corrected chi connectivity index (χ4v) is 3.50. The summed E-state index contributed by atoms with van der Waals surface area (Å²) in [6.45, 7) is 4.10. The number of anilines is 1. The molecule has 0 radical (unpaired) electrons. The van der Waals surface area contributed by atoms with Crippen molar-refractivity contribution in [3.05, 3.63) is 72.3 Å². The highest BCUT2D eigenvalue weighted by Gasteiger charge is 2.50. The first kappa shape index (κ1) is 18.0. The number of allylic oxidation sites excluding steroid dienone is 1. The van der Waals surface area contributed by atoms with Gasteiger partial charge >= 0.3 is 0 Å². The van der Waals surface area contributed by atoms with Gasteiger partial charge in [0.25, 0.3) is 5.91 Å². The zero-order valence-electron chi connectivity index (χ0n) is 15.1. The predicted molar refractivity (Wildman–Crippen MR) is 104 cm³/mol. The minimum Gasteiger partial charge on any atom is -0.454 e. The van der Waals surface area contributed by atoms with E-state index in [1.807, 2.05) is 0 Å². The van der Waals surface area contributed by atoms with Gasteiger partial charge < -0.3 is 19.5 Å². The number of benzene rings is 2. The van der Waals surface area contributed by atoms with Crippen molar-refractivity contribution in [2.75, 3.05) is 18.2 Å². The van der Waals surface area contributed by atoms with Gasteiger partial charge in [0, 0.05) is 12.1 Å². The van der Waals surface area contributed by atoms with Crippen LogP contribution >= 0.6 is 0 Å². The summed E-state index contributed by atoms with van der Waals surface area (Å²) in [6.07, 6.45) is 4.24. The monoisotopic (exact) mass is 377 g/mol. The summed E-state index contributed by atoms with van der Waals surface area (Å²) in [4.78, 5) is 26.8. The number of ether oxygens (including phenoxy) is 2. The zero-order chi connectivity index (χ0) is 19.7. The Morgan fingerprint density at radius 1 is 1.21 bits per heavy atom. The molecule has 0 fully saturated rings. The molecule has 0 aromatic heterocycles. The minimum atomic E-state index is -1.88. The summed E-state index contributed by atoms with van der Waals surface area (Å²) in [5.74, 6) is 0.406. The molecular weight excluding hydrogens is 358 g/mol. The van der Waals surface area contributed by atoms with Crippen LogP contribution < -0.4 is 14.4 Å². The number of aliphatic hydroxyl groups is 1. The molecule has 2 aliphatic heterocycles. The lowest BCUT2D eigenvalue weighted by molar-refractivity contribution is -0.140. The number of carbonyl (C=O) groups is 2. The Hall–Kier alpha value is -3.38. The van der Waals surface area contributed by atoms with Crippen LogP contribution in [-0.4, -0.2) is 30.1 Å². The van der Waals surface area contributed by atoms with E-state index in [4.69, 9.17) is 9.47 Å². The second kappa shape index (κ2) is 6.98. The number of fused-ring (bicyclic) bond motifs is 2. The van der Waals surface area contributed by atoms with Gasteiger partial charge in [0.05, 0.1) is 12.1 Å². The normalized spacial score (nSPS) is 19.9. The SMILES string of the molecule is C=CCN1C(=O)C(O)(CC(=O)C=Cc2ccc3c(c2)OCO3)c2ccccc21. The Morgan fingerprint density at radius 3 is 2.82 bits per heavy atom. The fourth-order valence-electron chi connectivity index (χ4n) is 3.50. The van der Waals surface area contributed by atoms with Crippen molar-refractivity contribution in [2.45, 2.75) is 12.0 Å². The molecule has 6 nitrogen and oxygen atoms in total. The number of para-hydroxylation sites is 1. The second-order valence-corrected chi connectivity index (χ2v) is 6.67. The minimum absolute atomic E-state index is 0.178. The summed E-state index contributed by atoms with van der Waals surface area (Å²) in [5, 5.41) is 11.1. The van der Waals surface area contributed by atoms with Crippen LogP contribution in [0.4, 0.5) is 5.69 Å². The zero-order valence-corrected chi connectivity index (χ0v) is 15.1. The number of hydrogen-bond donors (Lipinski definition) is 1. The van der Waals surface area contributed by atoms with E-state index in [1.165, 1.54) is 11.0 Å². The standard InChI is InChI=1S/C22H19NO5/c1-2-11-23-18-6-4-3-5-17(18)22(26,21(23)25)13-16(24)9-7-15-8-10-19-20(12-15)28-14-27-19/h2-10,12,26H,1,11,13-14H2. The summed E-state index contributed by atoms with van der Waals surface area (Å²) >= 11 is 0. The van der Waals surface area contributed by atoms with E-state index >= 15 is 0 Å². The van der Waals surface area contributed by atoms with Crippen LogP contribution in [0.5, 0.6) is 11.5 Å². The number of rotatable bonds is 6. The average Bonchev–Trinajstić information content (AvgIpc) is 3.24. The van der Waals surface area contributed by atoms with Crippen LogP contribution in [0.25, 0.3) is 6.08 Å². The Labute approximate surface area is 162 Å². The van der Waals surface area contributed by atoms with Crippen LogP contribution in [-0.2, 0) is 15.2 Å². The van der Waals surface area contributed by atoms with Gasteiger partial charge in [-0.25, -0.2) is 0 Å². The number of ketones is 1. The van der Waals surface area contributed by atoms with Crippen molar-refractivity contribution in [2.24, 2.45) is 0 Å². The molecule has 2 aliphatic rings. The van der Waals surface area contributed by atoms with E-state index in [1.54, 1.807) is 54.6 Å². The van der Waals surface area contributed by atoms with Crippen LogP contribution in [0, 0.1) is 0 Å². The maximum Gasteiger partial charge on any atom is 0.264 e. The van der Waals surface area contributed by atoms with Crippen LogP contribution in [0.1, 0.15) is 17.5 Å². The molecule has 0 spiro atoms. The lowest BCUT2D eigenvalue weighted by Gasteiger charge is -2.21. The van der Waals surface area contributed by atoms with Gasteiger partial charge in [-0.15, -0.1) is 6.58 Å². The maximum atomic E-state index is 12.8. The number of carbonyl (C=O) groups excluding carboxylic acids is 2. The molecule has 0 aliphatic carbocycles. The molecule has 0 saturated heterocycles. The quantitative estimate of drug-likeness (QED) is 0.619. The van der Waals surface area contributed by atoms with Gasteiger partial charge in [0.2, 0.25) is 6.79 Å². The Bertz CT molecular complexity index is 996. The van der Waals surface area contributed by atoms with Gasteiger partial charge in [0.1, 0.15) is 0 Å². The van der Waals surface area contributed by atoms with Crippen molar-refractivity contribution in [1.29, 1.82) is 0 Å². The molecule has 28 heavy (non-hydrogen) atoms. The molecule has 6 heteroatoms. The third-order valence-corrected chi connectivity index (χ3v) is 4.84. The first-order valence-electron chi connectivity index (χ1n) is 8.88. The maximum absolute atomic E-state index is 12.8. The van der Waals surface area contributed by atoms with Crippen molar-refractivity contribution in [1.82, 2.24) is 0 Å². The molecule has 2 aromatic carbocycles. The number of hydrogen-bond acceptors (Lipinski definition) is 5. The summed E-state index contributed by atoms with van der Waals surface area (Å²) in [7, 11) is 0. The number of amides is 1. The van der Waals surface area contributed by atoms with E-state index in [0.717, 1.165) is 5.56 Å². The Balaban J connectivity index is 1.55. The van der Waals surface area contributed by atoms with E-state index in [0.29, 0.717) is 22.7 Å². The third-order valence-electron chi connectivity index (χ3n) is 4.84.